The molecule has 23 heteroatoms. The molecular weight excluding hydrogens is 1220 g/mol. The van der Waals surface area contributed by atoms with Crippen LogP contribution in [0.4, 0.5) is 26.0 Å². The standard InChI is InChI=1S/C69H77Cl2F2N11O8/c1-7-60(85)84-28-27-83(38-46(84)22-24-74)64-50-23-26-82(57-17-10-13-43-12-8-9-14-49(43)57)40-56(50)78-67(80-64)92-41-47-36-48(39-81(47)5)91-33-32-90-31-30-89-29-25-76-65(86)44-18-21-55(58(34-44)88-6)77-66(87)63-61(51-15-11-16-53(71)62(51)73)69(42-75,59(79-63)37-68(2,3)4)52-20-19-45(70)35-54(52)72/h7-21,34-35,46-48,59,61,63,79H,1,22-23,25-33,36-41H2,2-6H3,(H,76,86)(H,77,87)/t46?,47-,48+,59-,61-,63+,69-/m0/s1. The van der Waals surface area contributed by atoms with E-state index in [1.54, 1.807) is 4.90 Å². The number of aromatic nitrogens is 2. The highest BCUT2D eigenvalue weighted by atomic mass is 35.5. The van der Waals surface area contributed by atoms with Gasteiger partial charge >= 0.3 is 6.01 Å². The average molecular weight is 1300 g/mol. The molecule has 19 nitrogen and oxygen atoms in total. The van der Waals surface area contributed by atoms with Crippen LogP contribution in [0.5, 0.6) is 11.8 Å². The van der Waals surface area contributed by atoms with Crippen LogP contribution in [0.3, 0.4) is 0 Å². The highest BCUT2D eigenvalue weighted by Gasteiger charge is 2.61. The molecule has 6 aromatic rings. The molecule has 0 radical (unpaired) electrons. The molecule has 0 aliphatic carbocycles. The fourth-order valence-corrected chi connectivity index (χ4v) is 13.6. The highest BCUT2D eigenvalue weighted by molar-refractivity contribution is 6.31. The highest BCUT2D eigenvalue weighted by Crippen LogP contribution is 2.53. The van der Waals surface area contributed by atoms with Gasteiger partial charge in [-0.15, -0.1) is 0 Å². The summed E-state index contributed by atoms with van der Waals surface area (Å²) in [5.41, 5.74) is 1.13. The quantitative estimate of drug-likeness (QED) is 0.0379. The lowest BCUT2D eigenvalue weighted by molar-refractivity contribution is -0.128. The molecule has 4 aliphatic heterocycles. The van der Waals surface area contributed by atoms with Crippen LogP contribution in [0.1, 0.15) is 78.7 Å². The monoisotopic (exact) mass is 1300 g/mol. The molecule has 1 aromatic heterocycles. The molecule has 10 rings (SSSR count). The number of likely N-dealkylation sites (N-methyl/N-ethyl adjacent to an activating group) is 1. The Hall–Kier alpha value is -7.99. The van der Waals surface area contributed by atoms with Crippen LogP contribution < -0.4 is 35.2 Å². The molecule has 1 unspecified atom stereocenters. The van der Waals surface area contributed by atoms with E-state index in [1.165, 1.54) is 72.5 Å². The Kier molecular flexibility index (Phi) is 21.6. The van der Waals surface area contributed by atoms with Crippen molar-refractivity contribution in [2.75, 3.05) is 108 Å². The first-order valence-corrected chi connectivity index (χ1v) is 31.7. The third-order valence-corrected chi connectivity index (χ3v) is 18.2. The molecule has 5 heterocycles. The number of nitrogens with zero attached hydrogens (tertiary/aromatic N) is 8. The Morgan fingerprint density at radius 1 is 0.891 bits per heavy atom. The zero-order valence-electron chi connectivity index (χ0n) is 52.4. The third kappa shape index (κ3) is 14.9. The number of halogens is 4. The molecule has 484 valence electrons. The zero-order chi connectivity index (χ0) is 65.3. The Morgan fingerprint density at radius 2 is 1.66 bits per heavy atom. The van der Waals surface area contributed by atoms with Crippen molar-refractivity contribution in [3.63, 3.8) is 0 Å². The van der Waals surface area contributed by atoms with Crippen molar-refractivity contribution in [1.82, 2.24) is 30.4 Å². The minimum Gasteiger partial charge on any atom is -0.495 e. The predicted octanol–water partition coefficient (Wildman–Crippen LogP) is 9.79. The second-order valence-corrected chi connectivity index (χ2v) is 25.7. The number of fused-ring (bicyclic) bond motifs is 2. The fourth-order valence-electron chi connectivity index (χ4n) is 13.3. The van der Waals surface area contributed by atoms with Gasteiger partial charge in [0.15, 0.2) is 0 Å². The van der Waals surface area contributed by atoms with Crippen LogP contribution in [0.15, 0.2) is 110 Å². The van der Waals surface area contributed by atoms with Gasteiger partial charge in [-0.25, -0.2) is 8.78 Å². The van der Waals surface area contributed by atoms with E-state index in [4.69, 9.17) is 56.9 Å². The first-order chi connectivity index (χ1) is 44.3. The van der Waals surface area contributed by atoms with Gasteiger partial charge in [0.05, 0.1) is 99.8 Å². The predicted molar refractivity (Wildman–Crippen MR) is 348 cm³/mol. The van der Waals surface area contributed by atoms with E-state index in [1.807, 2.05) is 33.9 Å². The minimum atomic E-state index is -1.83. The lowest BCUT2D eigenvalue weighted by Crippen LogP contribution is -2.55. The van der Waals surface area contributed by atoms with Crippen molar-refractivity contribution >= 4 is 68.9 Å². The molecule has 3 N–H and O–H groups in total. The maximum atomic E-state index is 16.2. The number of hydrogen-bond donors (Lipinski definition) is 3. The van der Waals surface area contributed by atoms with Crippen molar-refractivity contribution < 1.29 is 46.8 Å². The van der Waals surface area contributed by atoms with E-state index >= 15 is 8.78 Å². The second-order valence-electron chi connectivity index (χ2n) is 24.8. The van der Waals surface area contributed by atoms with Crippen molar-refractivity contribution in [3.8, 4) is 23.9 Å². The van der Waals surface area contributed by atoms with Crippen molar-refractivity contribution in [1.29, 1.82) is 10.5 Å². The summed E-state index contributed by atoms with van der Waals surface area (Å²) < 4.78 is 62.3. The van der Waals surface area contributed by atoms with Gasteiger partial charge in [-0.2, -0.15) is 20.5 Å². The lowest BCUT2D eigenvalue weighted by Gasteiger charge is -2.42. The first-order valence-electron chi connectivity index (χ1n) is 31.0. The molecule has 0 bridgehead atoms. The number of ether oxygens (including phenoxy) is 5. The van der Waals surface area contributed by atoms with E-state index in [9.17, 15) is 24.9 Å². The van der Waals surface area contributed by atoms with Crippen LogP contribution in [0.2, 0.25) is 10.0 Å². The van der Waals surface area contributed by atoms with Gasteiger partial charge in [-0.1, -0.05) is 105 Å². The topological polar surface area (TPSA) is 220 Å². The number of carbonyl (C=O) groups excluding carboxylic acids is 3. The van der Waals surface area contributed by atoms with Crippen LogP contribution in [-0.4, -0.2) is 161 Å². The number of hydrogen-bond acceptors (Lipinski definition) is 16. The lowest BCUT2D eigenvalue weighted by atomic mass is 9.62. The van der Waals surface area contributed by atoms with Gasteiger partial charge in [-0.3, -0.25) is 19.3 Å². The van der Waals surface area contributed by atoms with Crippen molar-refractivity contribution in [3.05, 3.63) is 159 Å². The third-order valence-electron chi connectivity index (χ3n) is 17.7. The van der Waals surface area contributed by atoms with E-state index in [0.29, 0.717) is 65.6 Å². The molecule has 0 spiro atoms. The molecule has 5 aromatic carbocycles. The second kappa shape index (κ2) is 29.7. The summed E-state index contributed by atoms with van der Waals surface area (Å²) in [5.74, 6) is -3.26. The average Bonchev–Trinajstić information content (AvgIpc) is 1.53. The Morgan fingerprint density at radius 3 is 2.42 bits per heavy atom. The minimum absolute atomic E-state index is 0.0356. The van der Waals surface area contributed by atoms with Crippen LogP contribution in [-0.2, 0) is 42.2 Å². The molecule has 3 fully saturated rings. The summed E-state index contributed by atoms with van der Waals surface area (Å²) in [6.45, 7) is 15.0. The van der Waals surface area contributed by atoms with Gasteiger partial charge in [-0.05, 0) is 91.2 Å². The molecule has 4 aliphatic rings. The van der Waals surface area contributed by atoms with Crippen molar-refractivity contribution in [2.45, 2.75) is 94.6 Å². The number of rotatable bonds is 24. The van der Waals surface area contributed by atoms with Gasteiger partial charge in [0.2, 0.25) is 11.8 Å². The number of methoxy groups -OCH3 is 1. The Balaban J connectivity index is 0.682. The summed E-state index contributed by atoms with van der Waals surface area (Å²) in [4.78, 5) is 59.4. The van der Waals surface area contributed by atoms with Crippen molar-refractivity contribution in [2.24, 2.45) is 5.41 Å². The van der Waals surface area contributed by atoms with Crippen LogP contribution in [0.25, 0.3) is 10.8 Å². The summed E-state index contributed by atoms with van der Waals surface area (Å²) in [7, 11) is 3.43. The van der Waals surface area contributed by atoms with E-state index in [2.05, 4.69) is 85.8 Å². The molecule has 92 heavy (non-hydrogen) atoms. The number of carbonyl (C=O) groups is 3. The van der Waals surface area contributed by atoms with E-state index < -0.39 is 52.3 Å². The maximum Gasteiger partial charge on any atom is 0.318 e. The number of nitriles is 2. The molecule has 0 saturated carbocycles. The number of benzene rings is 5. The number of nitrogens with one attached hydrogen (secondary N) is 3. The number of amides is 3. The summed E-state index contributed by atoms with van der Waals surface area (Å²) in [5, 5.41) is 32.2. The normalized spacial score (nSPS) is 21.5. The van der Waals surface area contributed by atoms with Gasteiger partial charge in [0.25, 0.3) is 5.91 Å². The largest absolute Gasteiger partial charge is 0.495 e. The Labute approximate surface area is 545 Å². The van der Waals surface area contributed by atoms with Gasteiger partial charge in [0.1, 0.15) is 35.2 Å². The molecule has 7 atom stereocenters. The fraction of sp³-hybridized carbons (Fsp3) is 0.435. The summed E-state index contributed by atoms with van der Waals surface area (Å²) >= 11 is 12.5. The number of piperazine rings is 1. The Bertz CT molecular complexity index is 3770. The summed E-state index contributed by atoms with van der Waals surface area (Å²) in [6.07, 6.45) is 3.17. The number of anilines is 3. The molecule has 3 saturated heterocycles. The van der Waals surface area contributed by atoms with Crippen LogP contribution >= 0.6 is 23.2 Å². The smallest absolute Gasteiger partial charge is 0.318 e. The van der Waals surface area contributed by atoms with Crippen LogP contribution in [0, 0.1) is 39.7 Å². The van der Waals surface area contributed by atoms with Gasteiger partial charge < -0.3 is 54.3 Å². The first kappa shape index (κ1) is 66.9. The summed E-state index contributed by atoms with van der Waals surface area (Å²) in [6, 6.07) is 30.0. The number of likely N-dealkylation sites (tertiary alicyclic amines) is 1. The van der Waals surface area contributed by atoms with E-state index in [0.717, 1.165) is 41.8 Å². The van der Waals surface area contributed by atoms with Gasteiger partial charge in [0, 0.05) is 90.1 Å². The zero-order valence-corrected chi connectivity index (χ0v) is 53.9. The molecule has 3 amide bonds. The molecular formula is C69H77Cl2F2N11O8. The maximum absolute atomic E-state index is 16.2. The van der Waals surface area contributed by atoms with E-state index in [-0.39, 0.29) is 101 Å². The SMILES string of the molecule is C=CC(=O)N1CCN(c2nc(OC[C@@H]3C[C@@H](OCCOCCOCCNC(=O)c4ccc(NC(=O)[C@@H]5N[C@@H](CC(C)(C)C)[C@](C#N)(c6ccc(Cl)cc6F)[C@H]5c5cccc(Cl)c5F)c(OC)c4)CN3C)nc3c2CCN(c2cccc4ccccc24)C3)CC1CC#N.